The van der Waals surface area contributed by atoms with Crippen LogP contribution >= 0.6 is 0 Å². The molecule has 3 heteroatoms. The van der Waals surface area contributed by atoms with Crippen LogP contribution in [0.3, 0.4) is 0 Å². The molecular formula is C20H27NO2. The van der Waals surface area contributed by atoms with Gasteiger partial charge in [0.1, 0.15) is 5.75 Å². The third kappa shape index (κ3) is 1.90. The van der Waals surface area contributed by atoms with E-state index < -0.39 is 5.60 Å². The van der Waals surface area contributed by atoms with Gasteiger partial charge in [0.15, 0.2) is 0 Å². The summed E-state index contributed by atoms with van der Waals surface area (Å²) in [6.45, 7) is 2.29. The largest absolute Gasteiger partial charge is 0.508 e. The molecule has 2 N–H and O–H groups in total. The minimum absolute atomic E-state index is 0.123. The Morgan fingerprint density at radius 2 is 1.96 bits per heavy atom. The molecule has 0 unspecified atom stereocenters. The molecule has 4 aliphatic rings. The van der Waals surface area contributed by atoms with Gasteiger partial charge in [-0.3, -0.25) is 4.90 Å². The number of benzene rings is 1. The van der Waals surface area contributed by atoms with Crippen LogP contribution in [-0.2, 0) is 11.8 Å². The molecule has 2 bridgehead atoms. The van der Waals surface area contributed by atoms with Crippen LogP contribution in [0.2, 0.25) is 0 Å². The molecule has 1 saturated heterocycles. The first kappa shape index (κ1) is 14.3. The van der Waals surface area contributed by atoms with Crippen LogP contribution < -0.4 is 0 Å². The molecule has 0 amide bonds. The molecule has 3 aliphatic carbocycles. The predicted molar refractivity (Wildman–Crippen MR) is 89.6 cm³/mol. The van der Waals surface area contributed by atoms with E-state index in [4.69, 9.17) is 0 Å². The second-order valence-corrected chi connectivity index (χ2v) is 8.46. The van der Waals surface area contributed by atoms with Crippen molar-refractivity contribution in [2.45, 2.75) is 68.4 Å². The minimum Gasteiger partial charge on any atom is -0.508 e. The van der Waals surface area contributed by atoms with Gasteiger partial charge in [-0.2, -0.15) is 0 Å². The maximum absolute atomic E-state index is 11.9. The number of fused-ring (bicyclic) bond motifs is 1. The highest BCUT2D eigenvalue weighted by atomic mass is 16.3. The van der Waals surface area contributed by atoms with E-state index in [9.17, 15) is 10.2 Å². The Balaban J connectivity index is 1.64. The molecule has 0 aromatic heterocycles. The Morgan fingerprint density at radius 3 is 2.78 bits per heavy atom. The standard InChI is InChI=1S/C20H27NO2/c22-16-6-5-15-11-18-20(23)8-2-1-7-19(20,17(15)12-16)9-10-21(18)13-14-3-4-14/h5-6,12,14,18,22-23H,1-4,7-11,13H2/t18-,19+,20+/m0/s1. The third-order valence-corrected chi connectivity index (χ3v) is 7.27. The second-order valence-electron chi connectivity index (χ2n) is 8.46. The molecule has 2 saturated carbocycles. The Hall–Kier alpha value is -1.06. The minimum atomic E-state index is -0.598. The van der Waals surface area contributed by atoms with Crippen molar-refractivity contribution in [1.82, 2.24) is 4.90 Å². The fourth-order valence-corrected chi connectivity index (χ4v) is 5.94. The number of nitrogens with zero attached hydrogens (tertiary/aromatic N) is 1. The van der Waals surface area contributed by atoms with Gasteiger partial charge in [-0.15, -0.1) is 0 Å². The summed E-state index contributed by atoms with van der Waals surface area (Å²) in [5.74, 6) is 1.22. The first-order valence-corrected chi connectivity index (χ1v) is 9.41. The van der Waals surface area contributed by atoms with E-state index in [1.54, 1.807) is 0 Å². The molecule has 23 heavy (non-hydrogen) atoms. The number of hydrogen-bond donors (Lipinski definition) is 2. The molecule has 5 rings (SSSR count). The zero-order valence-corrected chi connectivity index (χ0v) is 13.8. The SMILES string of the molecule is Oc1ccc2c(c1)[C@]13CCCC[C@@]1(O)[C@H](C2)N(CC1CC1)CC3. The molecule has 1 aromatic rings. The van der Waals surface area contributed by atoms with Crippen LogP contribution in [-0.4, -0.2) is 39.8 Å². The molecule has 124 valence electrons. The topological polar surface area (TPSA) is 43.7 Å². The lowest BCUT2D eigenvalue weighted by molar-refractivity contribution is -0.166. The maximum Gasteiger partial charge on any atom is 0.115 e. The van der Waals surface area contributed by atoms with Crippen molar-refractivity contribution >= 4 is 0 Å². The van der Waals surface area contributed by atoms with Gasteiger partial charge in [-0.1, -0.05) is 18.9 Å². The molecule has 3 fully saturated rings. The van der Waals surface area contributed by atoms with E-state index in [2.05, 4.69) is 11.0 Å². The summed E-state index contributed by atoms with van der Waals surface area (Å²) in [7, 11) is 0. The molecule has 1 aromatic carbocycles. The summed E-state index contributed by atoms with van der Waals surface area (Å²) in [5.41, 5.74) is 1.89. The first-order valence-electron chi connectivity index (χ1n) is 9.41. The lowest BCUT2D eigenvalue weighted by atomic mass is 9.49. The number of likely N-dealkylation sites (tertiary alicyclic amines) is 1. The van der Waals surface area contributed by atoms with Crippen LogP contribution in [0, 0.1) is 5.92 Å². The third-order valence-electron chi connectivity index (χ3n) is 7.27. The quantitative estimate of drug-likeness (QED) is 0.882. The van der Waals surface area contributed by atoms with Gasteiger partial charge in [0.05, 0.1) is 5.60 Å². The lowest BCUT2D eigenvalue weighted by Crippen LogP contribution is -2.72. The molecular weight excluding hydrogens is 286 g/mol. The van der Waals surface area contributed by atoms with Crippen LogP contribution in [0.25, 0.3) is 0 Å². The number of hydrogen-bond acceptors (Lipinski definition) is 3. The summed E-state index contributed by atoms with van der Waals surface area (Å²) in [6.07, 6.45) is 9.08. The van der Waals surface area contributed by atoms with Gasteiger partial charge in [-0.05, 0) is 74.2 Å². The summed E-state index contributed by atoms with van der Waals surface area (Å²) in [5, 5.41) is 21.9. The van der Waals surface area contributed by atoms with Gasteiger partial charge >= 0.3 is 0 Å². The Bertz CT molecular complexity index is 641. The van der Waals surface area contributed by atoms with Gasteiger partial charge in [0, 0.05) is 18.0 Å². The van der Waals surface area contributed by atoms with E-state index >= 15 is 0 Å². The zero-order valence-electron chi connectivity index (χ0n) is 13.8. The van der Waals surface area contributed by atoms with Crippen molar-refractivity contribution in [2.24, 2.45) is 5.92 Å². The number of phenols is 1. The highest BCUT2D eigenvalue weighted by molar-refractivity contribution is 5.48. The first-order chi connectivity index (χ1) is 11.1. The average molecular weight is 313 g/mol. The van der Waals surface area contributed by atoms with Crippen LogP contribution in [0.1, 0.15) is 56.1 Å². The summed E-state index contributed by atoms with van der Waals surface area (Å²) in [6, 6.07) is 6.16. The normalized spacial score (nSPS) is 39.6. The molecule has 0 radical (unpaired) electrons. The Morgan fingerprint density at radius 1 is 1.13 bits per heavy atom. The van der Waals surface area contributed by atoms with Crippen LogP contribution in [0.4, 0.5) is 0 Å². The van der Waals surface area contributed by atoms with E-state index in [-0.39, 0.29) is 11.5 Å². The van der Waals surface area contributed by atoms with Crippen molar-refractivity contribution in [3.8, 4) is 5.75 Å². The second kappa shape index (κ2) is 4.73. The summed E-state index contributed by atoms with van der Waals surface area (Å²) in [4.78, 5) is 2.61. The van der Waals surface area contributed by atoms with E-state index in [0.717, 1.165) is 44.6 Å². The van der Waals surface area contributed by atoms with Gasteiger partial charge < -0.3 is 10.2 Å². The maximum atomic E-state index is 11.9. The number of rotatable bonds is 2. The van der Waals surface area contributed by atoms with Crippen LogP contribution in [0.5, 0.6) is 5.75 Å². The molecule has 1 heterocycles. The monoisotopic (exact) mass is 313 g/mol. The molecule has 3 atom stereocenters. The van der Waals surface area contributed by atoms with Crippen molar-refractivity contribution in [1.29, 1.82) is 0 Å². The van der Waals surface area contributed by atoms with E-state index in [0.29, 0.717) is 5.75 Å². The van der Waals surface area contributed by atoms with Crippen molar-refractivity contribution in [3.05, 3.63) is 29.3 Å². The van der Waals surface area contributed by atoms with Crippen molar-refractivity contribution in [3.63, 3.8) is 0 Å². The van der Waals surface area contributed by atoms with Gasteiger partial charge in [0.2, 0.25) is 0 Å². The summed E-state index contributed by atoms with van der Waals surface area (Å²) >= 11 is 0. The highest BCUT2D eigenvalue weighted by Gasteiger charge is 2.63. The zero-order chi connectivity index (χ0) is 15.7. The number of aromatic hydroxyl groups is 1. The highest BCUT2D eigenvalue weighted by Crippen LogP contribution is 2.58. The molecule has 0 spiro atoms. The predicted octanol–water partition coefficient (Wildman–Crippen LogP) is 2.98. The van der Waals surface area contributed by atoms with Gasteiger partial charge in [-0.25, -0.2) is 0 Å². The lowest BCUT2D eigenvalue weighted by Gasteiger charge is -2.64. The van der Waals surface area contributed by atoms with Crippen LogP contribution in [0.15, 0.2) is 18.2 Å². The van der Waals surface area contributed by atoms with Gasteiger partial charge in [0.25, 0.3) is 0 Å². The van der Waals surface area contributed by atoms with E-state index in [1.165, 1.54) is 36.9 Å². The molecule has 3 nitrogen and oxygen atoms in total. The summed E-state index contributed by atoms with van der Waals surface area (Å²) < 4.78 is 0. The fourth-order valence-electron chi connectivity index (χ4n) is 5.94. The number of piperidine rings is 1. The molecule has 1 aliphatic heterocycles. The Kier molecular flexibility index (Phi) is 2.94. The van der Waals surface area contributed by atoms with E-state index in [1.807, 2.05) is 12.1 Å². The van der Waals surface area contributed by atoms with Crippen molar-refractivity contribution in [2.75, 3.05) is 13.1 Å². The number of phenolic OH excluding ortho intramolecular Hbond substituents is 1. The Labute approximate surface area is 138 Å². The number of aliphatic hydroxyl groups is 1. The average Bonchev–Trinajstić information content (AvgIpc) is 3.34. The smallest absolute Gasteiger partial charge is 0.115 e. The van der Waals surface area contributed by atoms with Crippen molar-refractivity contribution < 1.29 is 10.2 Å². The fraction of sp³-hybridized carbons (Fsp3) is 0.700.